The summed E-state index contributed by atoms with van der Waals surface area (Å²) in [7, 11) is 0. The Bertz CT molecular complexity index is 1000. The van der Waals surface area contributed by atoms with Gasteiger partial charge in [0, 0.05) is 29.8 Å². The van der Waals surface area contributed by atoms with E-state index >= 15 is 0 Å². The van der Waals surface area contributed by atoms with Crippen molar-refractivity contribution < 1.29 is 18.8 Å². The highest BCUT2D eigenvalue weighted by atomic mass is 35.5. The molecule has 1 aromatic heterocycles. The number of hydrogen-bond acceptors (Lipinski definition) is 5. The number of carbonyl (C=O) groups is 3. The van der Waals surface area contributed by atoms with Gasteiger partial charge in [-0.3, -0.25) is 14.4 Å². The van der Waals surface area contributed by atoms with E-state index in [2.05, 4.69) is 21.3 Å². The van der Waals surface area contributed by atoms with E-state index in [9.17, 15) is 14.4 Å². The summed E-state index contributed by atoms with van der Waals surface area (Å²) in [5.41, 5.74) is 0.482. The van der Waals surface area contributed by atoms with Gasteiger partial charge in [-0.2, -0.15) is 0 Å². The Labute approximate surface area is 198 Å². The normalized spacial score (nSPS) is 15.2. The standard InChI is InChI=1S/C24H29ClN4O4/c1-16-15-20(33-17(16)2)7-8-21(30)29-24(9-11-26-12-10-24)23(32)28-14-13-27-22(31)18-3-5-19(25)6-4-18/h3-8,15,26H,9-14H2,1-2H3,(H,27,31)(H,28,32)(H,29,30)/b8-7+. The van der Waals surface area contributed by atoms with Gasteiger partial charge in [-0.15, -0.1) is 0 Å². The molecule has 3 rings (SSSR count). The summed E-state index contributed by atoms with van der Waals surface area (Å²) < 4.78 is 5.55. The van der Waals surface area contributed by atoms with Gasteiger partial charge in [0.15, 0.2) is 0 Å². The average Bonchev–Trinajstić information content (AvgIpc) is 3.13. The number of halogens is 1. The Kier molecular flexibility index (Phi) is 8.30. The Hall–Kier alpha value is -3.10. The molecule has 2 heterocycles. The molecule has 0 spiro atoms. The zero-order chi connectivity index (χ0) is 23.8. The van der Waals surface area contributed by atoms with Crippen LogP contribution in [0.15, 0.2) is 40.8 Å². The van der Waals surface area contributed by atoms with Gasteiger partial charge < -0.3 is 25.7 Å². The van der Waals surface area contributed by atoms with Crippen molar-refractivity contribution in [2.24, 2.45) is 0 Å². The van der Waals surface area contributed by atoms with Crippen LogP contribution in [0.3, 0.4) is 0 Å². The molecule has 0 radical (unpaired) electrons. The van der Waals surface area contributed by atoms with E-state index in [1.54, 1.807) is 30.3 Å². The van der Waals surface area contributed by atoms with Gasteiger partial charge in [0.1, 0.15) is 17.1 Å². The molecule has 1 saturated heterocycles. The Morgan fingerprint density at radius 1 is 1.09 bits per heavy atom. The zero-order valence-electron chi connectivity index (χ0n) is 18.8. The first-order chi connectivity index (χ1) is 15.8. The Morgan fingerprint density at radius 2 is 1.76 bits per heavy atom. The van der Waals surface area contributed by atoms with Crippen LogP contribution in [0.5, 0.6) is 0 Å². The van der Waals surface area contributed by atoms with E-state index < -0.39 is 5.54 Å². The summed E-state index contributed by atoms with van der Waals surface area (Å²) in [6.07, 6.45) is 3.90. The third kappa shape index (κ3) is 6.69. The third-order valence-corrected chi connectivity index (χ3v) is 5.89. The number of hydrogen-bond donors (Lipinski definition) is 4. The second-order valence-electron chi connectivity index (χ2n) is 8.06. The zero-order valence-corrected chi connectivity index (χ0v) is 19.6. The Morgan fingerprint density at radius 3 is 2.39 bits per heavy atom. The summed E-state index contributed by atoms with van der Waals surface area (Å²) in [6.45, 7) is 5.51. The van der Waals surface area contributed by atoms with E-state index in [-0.39, 0.29) is 30.8 Å². The lowest BCUT2D eigenvalue weighted by Crippen LogP contribution is -2.63. The molecule has 1 fully saturated rings. The number of aryl methyl sites for hydroxylation is 2. The molecule has 176 valence electrons. The van der Waals surface area contributed by atoms with E-state index in [1.165, 1.54) is 6.08 Å². The lowest BCUT2D eigenvalue weighted by Gasteiger charge is -2.36. The van der Waals surface area contributed by atoms with Gasteiger partial charge in [0.2, 0.25) is 11.8 Å². The van der Waals surface area contributed by atoms with Crippen LogP contribution in [0.4, 0.5) is 0 Å². The minimum Gasteiger partial charge on any atom is -0.462 e. The second kappa shape index (κ2) is 11.2. The Balaban J connectivity index is 1.53. The molecule has 1 aliphatic rings. The molecule has 33 heavy (non-hydrogen) atoms. The van der Waals surface area contributed by atoms with Crippen LogP contribution in [-0.2, 0) is 9.59 Å². The largest absolute Gasteiger partial charge is 0.462 e. The molecule has 8 nitrogen and oxygen atoms in total. The molecule has 1 aliphatic heterocycles. The highest BCUT2D eigenvalue weighted by Crippen LogP contribution is 2.19. The van der Waals surface area contributed by atoms with Crippen LogP contribution >= 0.6 is 11.6 Å². The molecule has 4 N–H and O–H groups in total. The van der Waals surface area contributed by atoms with Crippen LogP contribution in [0.25, 0.3) is 6.08 Å². The first-order valence-corrected chi connectivity index (χ1v) is 11.3. The van der Waals surface area contributed by atoms with Crippen molar-refractivity contribution in [3.05, 3.63) is 64.1 Å². The number of furan rings is 1. The lowest BCUT2D eigenvalue weighted by atomic mass is 9.87. The summed E-state index contributed by atoms with van der Waals surface area (Å²) in [5, 5.41) is 12.2. The van der Waals surface area contributed by atoms with Crippen molar-refractivity contribution in [2.45, 2.75) is 32.2 Å². The SMILES string of the molecule is Cc1cc(/C=C/C(=O)NC2(C(=O)NCCNC(=O)c3ccc(Cl)cc3)CCNCC2)oc1C. The maximum absolute atomic E-state index is 13.0. The average molecular weight is 473 g/mol. The van der Waals surface area contributed by atoms with Crippen molar-refractivity contribution in [3.63, 3.8) is 0 Å². The number of amides is 3. The van der Waals surface area contributed by atoms with Crippen molar-refractivity contribution in [1.82, 2.24) is 21.3 Å². The van der Waals surface area contributed by atoms with Gasteiger partial charge in [-0.05, 0) is 81.7 Å². The predicted octanol–water partition coefficient (Wildman–Crippen LogP) is 2.35. The monoisotopic (exact) mass is 472 g/mol. The maximum Gasteiger partial charge on any atom is 0.251 e. The van der Waals surface area contributed by atoms with Crippen LogP contribution in [0.2, 0.25) is 5.02 Å². The number of nitrogens with one attached hydrogen (secondary N) is 4. The minimum absolute atomic E-state index is 0.240. The van der Waals surface area contributed by atoms with E-state index in [1.807, 2.05) is 19.9 Å². The summed E-state index contributed by atoms with van der Waals surface area (Å²) in [5.74, 6) is 0.498. The van der Waals surface area contributed by atoms with Gasteiger partial charge in [-0.1, -0.05) is 11.6 Å². The van der Waals surface area contributed by atoms with Gasteiger partial charge in [0.25, 0.3) is 5.91 Å². The lowest BCUT2D eigenvalue weighted by molar-refractivity contribution is -0.133. The molecule has 0 atom stereocenters. The third-order valence-electron chi connectivity index (χ3n) is 5.64. The second-order valence-corrected chi connectivity index (χ2v) is 8.50. The van der Waals surface area contributed by atoms with Crippen molar-refractivity contribution in [1.29, 1.82) is 0 Å². The summed E-state index contributed by atoms with van der Waals surface area (Å²) in [6, 6.07) is 8.41. The summed E-state index contributed by atoms with van der Waals surface area (Å²) in [4.78, 5) is 37.8. The van der Waals surface area contributed by atoms with Crippen LogP contribution < -0.4 is 21.3 Å². The molecule has 0 bridgehead atoms. The van der Waals surface area contributed by atoms with Crippen molar-refractivity contribution in [3.8, 4) is 0 Å². The topological polar surface area (TPSA) is 112 Å². The van der Waals surface area contributed by atoms with Crippen LogP contribution in [-0.4, -0.2) is 49.4 Å². The number of piperidine rings is 1. The van der Waals surface area contributed by atoms with E-state index in [0.29, 0.717) is 42.3 Å². The van der Waals surface area contributed by atoms with E-state index in [4.69, 9.17) is 16.0 Å². The predicted molar refractivity (Wildman–Crippen MR) is 127 cm³/mol. The first kappa shape index (κ1) is 24.5. The molecular formula is C24H29ClN4O4. The van der Waals surface area contributed by atoms with Crippen LogP contribution in [0, 0.1) is 13.8 Å². The summed E-state index contributed by atoms with van der Waals surface area (Å²) >= 11 is 5.84. The maximum atomic E-state index is 13.0. The van der Waals surface area contributed by atoms with Crippen molar-refractivity contribution >= 4 is 35.4 Å². The molecule has 1 aromatic carbocycles. The highest BCUT2D eigenvalue weighted by molar-refractivity contribution is 6.30. The number of rotatable bonds is 8. The first-order valence-electron chi connectivity index (χ1n) is 10.9. The van der Waals surface area contributed by atoms with Gasteiger partial charge in [-0.25, -0.2) is 0 Å². The van der Waals surface area contributed by atoms with Crippen LogP contribution in [0.1, 0.15) is 40.3 Å². The molecule has 0 unspecified atom stereocenters. The molecule has 9 heteroatoms. The fourth-order valence-corrected chi connectivity index (χ4v) is 3.73. The molecule has 0 saturated carbocycles. The fraction of sp³-hybridized carbons (Fsp3) is 0.375. The van der Waals surface area contributed by atoms with E-state index in [0.717, 1.165) is 11.3 Å². The molecule has 0 aliphatic carbocycles. The quantitative estimate of drug-likeness (QED) is 0.348. The van der Waals surface area contributed by atoms with Crippen molar-refractivity contribution in [2.75, 3.05) is 26.2 Å². The van der Waals surface area contributed by atoms with Gasteiger partial charge >= 0.3 is 0 Å². The van der Waals surface area contributed by atoms with Gasteiger partial charge in [0.05, 0.1) is 0 Å². The minimum atomic E-state index is -1.01. The fourth-order valence-electron chi connectivity index (χ4n) is 3.61. The molecule has 2 aromatic rings. The molecular weight excluding hydrogens is 444 g/mol. The number of benzene rings is 1. The smallest absolute Gasteiger partial charge is 0.251 e. The number of carbonyl (C=O) groups excluding carboxylic acids is 3. The molecule has 3 amide bonds. The highest BCUT2D eigenvalue weighted by Gasteiger charge is 2.40.